The van der Waals surface area contributed by atoms with Gasteiger partial charge in [0.25, 0.3) is 0 Å². The minimum absolute atomic E-state index is 0.246. The van der Waals surface area contributed by atoms with Gasteiger partial charge in [-0.2, -0.15) is 0 Å². The van der Waals surface area contributed by atoms with Crippen molar-refractivity contribution in [2.45, 2.75) is 13.0 Å². The number of ether oxygens (including phenoxy) is 1. The molecule has 3 nitrogen and oxygen atoms in total. The van der Waals surface area contributed by atoms with Gasteiger partial charge in [0.2, 0.25) is 0 Å². The van der Waals surface area contributed by atoms with E-state index in [1.807, 2.05) is 42.5 Å². The number of hydrogen-bond donors (Lipinski definition) is 1. The van der Waals surface area contributed by atoms with E-state index in [2.05, 4.69) is 0 Å². The molecule has 2 N–H and O–H groups in total. The molecule has 0 aromatic heterocycles. The molecule has 0 bridgehead atoms. The maximum absolute atomic E-state index is 11.6. The molecule has 0 unspecified atom stereocenters. The first-order chi connectivity index (χ1) is 8.74. The van der Waals surface area contributed by atoms with Gasteiger partial charge in [-0.3, -0.25) is 4.79 Å². The van der Waals surface area contributed by atoms with Crippen LogP contribution >= 0.6 is 0 Å². The standard InChI is InChI=1S/C15H15NO2/c16-14-8-4-7-13(9-14)10-15(17)18-11-12-5-2-1-3-6-12/h1-9H,10-11,16H2. The van der Waals surface area contributed by atoms with Crippen molar-refractivity contribution in [1.29, 1.82) is 0 Å². The van der Waals surface area contributed by atoms with E-state index in [-0.39, 0.29) is 12.4 Å². The Morgan fingerprint density at radius 2 is 1.72 bits per heavy atom. The molecule has 0 saturated carbocycles. The summed E-state index contributed by atoms with van der Waals surface area (Å²) < 4.78 is 5.19. The first-order valence-corrected chi connectivity index (χ1v) is 5.78. The fraction of sp³-hybridized carbons (Fsp3) is 0.133. The molecule has 0 amide bonds. The van der Waals surface area contributed by atoms with Gasteiger partial charge in [0.1, 0.15) is 6.61 Å². The van der Waals surface area contributed by atoms with E-state index < -0.39 is 0 Å². The van der Waals surface area contributed by atoms with Gasteiger partial charge < -0.3 is 10.5 Å². The van der Waals surface area contributed by atoms with Crippen LogP contribution in [0.5, 0.6) is 0 Å². The average Bonchev–Trinajstić information content (AvgIpc) is 2.38. The fourth-order valence-corrected chi connectivity index (χ4v) is 1.66. The molecule has 0 spiro atoms. The number of hydrogen-bond acceptors (Lipinski definition) is 3. The van der Waals surface area contributed by atoms with E-state index in [0.717, 1.165) is 11.1 Å². The first-order valence-electron chi connectivity index (χ1n) is 5.78. The van der Waals surface area contributed by atoms with Gasteiger partial charge in [-0.1, -0.05) is 42.5 Å². The van der Waals surface area contributed by atoms with Gasteiger partial charge in [-0.05, 0) is 23.3 Å². The molecule has 0 aliphatic carbocycles. The van der Waals surface area contributed by atoms with Crippen molar-refractivity contribution in [3.63, 3.8) is 0 Å². The molecule has 0 saturated heterocycles. The van der Waals surface area contributed by atoms with Crippen molar-refractivity contribution < 1.29 is 9.53 Å². The number of benzene rings is 2. The van der Waals surface area contributed by atoms with Crippen LogP contribution in [0, 0.1) is 0 Å². The minimum atomic E-state index is -0.246. The van der Waals surface area contributed by atoms with Crippen LogP contribution in [0.3, 0.4) is 0 Å². The molecule has 92 valence electrons. The molecule has 0 atom stereocenters. The summed E-state index contributed by atoms with van der Waals surface area (Å²) in [6, 6.07) is 16.9. The van der Waals surface area contributed by atoms with Crippen molar-refractivity contribution in [2.24, 2.45) is 0 Å². The molecule has 3 heteroatoms. The molecule has 2 aromatic rings. The highest BCUT2D eigenvalue weighted by Gasteiger charge is 2.05. The lowest BCUT2D eigenvalue weighted by Crippen LogP contribution is -2.08. The molecule has 2 aromatic carbocycles. The van der Waals surface area contributed by atoms with Gasteiger partial charge in [0, 0.05) is 5.69 Å². The lowest BCUT2D eigenvalue weighted by molar-refractivity contribution is -0.144. The number of esters is 1. The predicted molar refractivity (Wildman–Crippen MR) is 70.8 cm³/mol. The molecule has 0 aliphatic rings. The summed E-state index contributed by atoms with van der Waals surface area (Å²) >= 11 is 0. The third kappa shape index (κ3) is 3.63. The lowest BCUT2D eigenvalue weighted by Gasteiger charge is -2.05. The Morgan fingerprint density at radius 3 is 2.44 bits per heavy atom. The molecular formula is C15H15NO2. The first kappa shape index (κ1) is 12.2. The molecule has 0 heterocycles. The third-order valence-electron chi connectivity index (χ3n) is 2.54. The number of anilines is 1. The highest BCUT2D eigenvalue weighted by molar-refractivity contribution is 5.73. The van der Waals surface area contributed by atoms with E-state index in [1.54, 1.807) is 12.1 Å². The quantitative estimate of drug-likeness (QED) is 0.661. The molecular weight excluding hydrogens is 226 g/mol. The van der Waals surface area contributed by atoms with Crippen LogP contribution in [0.2, 0.25) is 0 Å². The Bertz CT molecular complexity index is 523. The van der Waals surface area contributed by atoms with Crippen molar-refractivity contribution in [1.82, 2.24) is 0 Å². The largest absolute Gasteiger partial charge is 0.461 e. The Kier molecular flexibility index (Phi) is 3.97. The Balaban J connectivity index is 1.86. The van der Waals surface area contributed by atoms with Crippen LogP contribution in [0.4, 0.5) is 5.69 Å². The zero-order chi connectivity index (χ0) is 12.8. The van der Waals surface area contributed by atoms with E-state index in [0.29, 0.717) is 12.3 Å². The molecule has 0 fully saturated rings. The van der Waals surface area contributed by atoms with Gasteiger partial charge >= 0.3 is 5.97 Å². The summed E-state index contributed by atoms with van der Waals surface area (Å²) in [6.45, 7) is 0.308. The van der Waals surface area contributed by atoms with Gasteiger partial charge in [0.05, 0.1) is 6.42 Å². The number of rotatable bonds is 4. The number of carbonyl (C=O) groups is 1. The van der Waals surface area contributed by atoms with Crippen LogP contribution in [-0.2, 0) is 22.6 Å². The lowest BCUT2D eigenvalue weighted by atomic mass is 10.1. The fourth-order valence-electron chi connectivity index (χ4n) is 1.66. The number of nitrogens with two attached hydrogens (primary N) is 1. The van der Waals surface area contributed by atoms with E-state index in [4.69, 9.17) is 10.5 Å². The summed E-state index contributed by atoms with van der Waals surface area (Å²) in [5.41, 5.74) is 8.16. The monoisotopic (exact) mass is 241 g/mol. The van der Waals surface area contributed by atoms with Crippen molar-refractivity contribution in [2.75, 3.05) is 5.73 Å². The Morgan fingerprint density at radius 1 is 1.00 bits per heavy atom. The van der Waals surface area contributed by atoms with Crippen molar-refractivity contribution in [3.8, 4) is 0 Å². The minimum Gasteiger partial charge on any atom is -0.461 e. The van der Waals surface area contributed by atoms with Crippen LogP contribution < -0.4 is 5.73 Å². The second-order valence-electron chi connectivity index (χ2n) is 4.07. The van der Waals surface area contributed by atoms with Crippen molar-refractivity contribution >= 4 is 11.7 Å². The van der Waals surface area contributed by atoms with Crippen LogP contribution in [0.15, 0.2) is 54.6 Å². The topological polar surface area (TPSA) is 52.3 Å². The average molecular weight is 241 g/mol. The summed E-state index contributed by atoms with van der Waals surface area (Å²) in [4.78, 5) is 11.6. The zero-order valence-corrected chi connectivity index (χ0v) is 10.0. The van der Waals surface area contributed by atoms with Crippen molar-refractivity contribution in [3.05, 3.63) is 65.7 Å². The van der Waals surface area contributed by atoms with Crippen LogP contribution in [0.1, 0.15) is 11.1 Å². The molecule has 18 heavy (non-hydrogen) atoms. The second kappa shape index (κ2) is 5.87. The second-order valence-corrected chi connectivity index (χ2v) is 4.07. The zero-order valence-electron chi connectivity index (χ0n) is 10.0. The highest BCUT2D eigenvalue weighted by atomic mass is 16.5. The Hall–Kier alpha value is -2.29. The van der Waals surface area contributed by atoms with Gasteiger partial charge in [0.15, 0.2) is 0 Å². The molecule has 0 radical (unpaired) electrons. The number of nitrogen functional groups attached to an aromatic ring is 1. The SMILES string of the molecule is Nc1cccc(CC(=O)OCc2ccccc2)c1. The van der Waals surface area contributed by atoms with Crippen LogP contribution in [0.25, 0.3) is 0 Å². The van der Waals surface area contributed by atoms with Gasteiger partial charge in [-0.15, -0.1) is 0 Å². The highest BCUT2D eigenvalue weighted by Crippen LogP contribution is 2.08. The van der Waals surface area contributed by atoms with E-state index >= 15 is 0 Å². The smallest absolute Gasteiger partial charge is 0.310 e. The van der Waals surface area contributed by atoms with E-state index in [1.165, 1.54) is 0 Å². The van der Waals surface area contributed by atoms with Gasteiger partial charge in [-0.25, -0.2) is 0 Å². The van der Waals surface area contributed by atoms with E-state index in [9.17, 15) is 4.79 Å². The molecule has 2 rings (SSSR count). The summed E-state index contributed by atoms with van der Waals surface area (Å²) in [7, 11) is 0. The predicted octanol–water partition coefficient (Wildman–Crippen LogP) is 2.55. The van der Waals surface area contributed by atoms with Crippen LogP contribution in [-0.4, -0.2) is 5.97 Å². The maximum atomic E-state index is 11.6. The third-order valence-corrected chi connectivity index (χ3v) is 2.54. The summed E-state index contributed by atoms with van der Waals surface area (Å²) in [6.07, 6.45) is 0.248. The Labute approximate surface area is 106 Å². The maximum Gasteiger partial charge on any atom is 0.310 e. The number of carbonyl (C=O) groups excluding carboxylic acids is 1. The summed E-state index contributed by atoms with van der Waals surface area (Å²) in [5.74, 6) is -0.246. The normalized spacial score (nSPS) is 10.0. The summed E-state index contributed by atoms with van der Waals surface area (Å²) in [5, 5.41) is 0. The molecule has 0 aliphatic heterocycles.